The van der Waals surface area contributed by atoms with Gasteiger partial charge in [0.05, 0.1) is 24.7 Å². The Kier molecular flexibility index (Phi) is 14.8. The number of H-pyrrole nitrogens is 1. The van der Waals surface area contributed by atoms with Gasteiger partial charge in [0.2, 0.25) is 11.4 Å². The van der Waals surface area contributed by atoms with Crippen LogP contribution in [-0.2, 0) is 0 Å². The van der Waals surface area contributed by atoms with E-state index in [1.54, 1.807) is 60.9 Å². The number of pyridine rings is 4. The summed E-state index contributed by atoms with van der Waals surface area (Å²) in [5.74, 6) is -0.0777. The molecular weight excluding hydrogens is 531 g/mol. The van der Waals surface area contributed by atoms with Crippen LogP contribution in [0, 0.1) is 0 Å². The lowest BCUT2D eigenvalue weighted by Crippen LogP contribution is -2.14. The maximum atomic E-state index is 11.7. The third-order valence-corrected chi connectivity index (χ3v) is 4.04. The number of amides is 2. The first-order valence-electron chi connectivity index (χ1n) is 9.68. The Morgan fingerprint density at radius 2 is 1.31 bits per heavy atom. The van der Waals surface area contributed by atoms with Crippen molar-refractivity contribution in [3.8, 4) is 5.88 Å². The van der Waals surface area contributed by atoms with Gasteiger partial charge in [0.1, 0.15) is 11.4 Å². The highest BCUT2D eigenvalue weighted by Crippen LogP contribution is 2.11. The molecule has 2 amide bonds. The molecule has 0 aliphatic rings. The Morgan fingerprint density at radius 1 is 0.750 bits per heavy atom. The molecule has 0 spiro atoms. The Morgan fingerprint density at radius 3 is 1.72 bits per heavy atom. The number of anilines is 2. The fourth-order valence-corrected chi connectivity index (χ4v) is 2.45. The highest BCUT2D eigenvalue weighted by atomic mass is 35.5. The van der Waals surface area contributed by atoms with Crippen molar-refractivity contribution >= 4 is 60.4 Å². The highest BCUT2D eigenvalue weighted by molar-refractivity contribution is 6.03. The molecule has 0 aliphatic carbocycles. The SMILES string of the molecule is COc1ccc(NC(=O)c2ccccn2)cn1.Cl.Cl.Cl.O=C(Nc1ccc(=O)[nH]c1)c1ccccn1. The van der Waals surface area contributed by atoms with Crippen LogP contribution in [0.5, 0.6) is 5.88 Å². The molecule has 0 aromatic carbocycles. The molecule has 4 aromatic heterocycles. The lowest BCUT2D eigenvalue weighted by molar-refractivity contribution is 0.101. The van der Waals surface area contributed by atoms with Crippen LogP contribution in [-0.4, -0.2) is 38.9 Å². The average molecular weight is 554 g/mol. The number of nitrogens with one attached hydrogen (secondary N) is 3. The van der Waals surface area contributed by atoms with E-state index in [2.05, 4.69) is 30.6 Å². The van der Waals surface area contributed by atoms with Crippen molar-refractivity contribution in [2.75, 3.05) is 17.7 Å². The van der Waals surface area contributed by atoms with Crippen LogP contribution >= 0.6 is 37.2 Å². The van der Waals surface area contributed by atoms with Gasteiger partial charge in [-0.1, -0.05) is 12.1 Å². The van der Waals surface area contributed by atoms with Crippen LogP contribution in [0.3, 0.4) is 0 Å². The summed E-state index contributed by atoms with van der Waals surface area (Å²) in [6, 6.07) is 16.5. The van der Waals surface area contributed by atoms with E-state index in [4.69, 9.17) is 4.74 Å². The van der Waals surface area contributed by atoms with Gasteiger partial charge in [0.15, 0.2) is 0 Å². The van der Waals surface area contributed by atoms with E-state index in [9.17, 15) is 14.4 Å². The average Bonchev–Trinajstić information content (AvgIpc) is 2.87. The molecule has 13 heteroatoms. The van der Waals surface area contributed by atoms with Crippen molar-refractivity contribution in [1.29, 1.82) is 0 Å². The van der Waals surface area contributed by atoms with Crippen LogP contribution < -0.4 is 20.9 Å². The Balaban J connectivity index is 0.000000629. The monoisotopic (exact) mass is 552 g/mol. The molecule has 4 heterocycles. The van der Waals surface area contributed by atoms with Crippen molar-refractivity contribution in [2.24, 2.45) is 0 Å². The second-order valence-corrected chi connectivity index (χ2v) is 6.37. The predicted octanol–water partition coefficient (Wildman–Crippen LogP) is 4.03. The summed E-state index contributed by atoms with van der Waals surface area (Å²) in [4.78, 5) is 48.5. The van der Waals surface area contributed by atoms with Crippen LogP contribution in [0.4, 0.5) is 11.4 Å². The predicted molar refractivity (Wildman–Crippen MR) is 144 cm³/mol. The van der Waals surface area contributed by atoms with Crippen LogP contribution in [0.15, 0.2) is 90.2 Å². The molecule has 0 fully saturated rings. The molecule has 0 saturated heterocycles. The fraction of sp³-hybridized carbons (Fsp3) is 0.0435. The van der Waals surface area contributed by atoms with Crippen molar-refractivity contribution in [3.63, 3.8) is 0 Å². The zero-order valence-electron chi connectivity index (χ0n) is 18.8. The second kappa shape index (κ2) is 16.6. The zero-order valence-corrected chi connectivity index (χ0v) is 21.2. The molecule has 0 aliphatic heterocycles. The van der Waals surface area contributed by atoms with E-state index in [1.807, 2.05) is 0 Å². The normalized spacial score (nSPS) is 8.92. The molecular formula is C23H23Cl3N6O4. The van der Waals surface area contributed by atoms with Gasteiger partial charge in [-0.3, -0.25) is 24.4 Å². The number of halogens is 3. The minimum atomic E-state index is -0.312. The molecule has 10 nitrogen and oxygen atoms in total. The van der Waals surface area contributed by atoms with Gasteiger partial charge in [-0.25, -0.2) is 4.98 Å². The molecule has 4 rings (SSSR count). The summed E-state index contributed by atoms with van der Waals surface area (Å²) in [5, 5.41) is 5.30. The first kappa shape index (κ1) is 32.0. The molecule has 36 heavy (non-hydrogen) atoms. The number of aromatic amines is 1. The highest BCUT2D eigenvalue weighted by Gasteiger charge is 2.07. The summed E-state index contributed by atoms with van der Waals surface area (Å²) in [6.45, 7) is 0. The zero-order chi connectivity index (χ0) is 23.5. The van der Waals surface area contributed by atoms with E-state index in [-0.39, 0.29) is 54.6 Å². The number of ether oxygens (including phenoxy) is 1. The third-order valence-electron chi connectivity index (χ3n) is 4.04. The van der Waals surface area contributed by atoms with Crippen LogP contribution in [0.25, 0.3) is 0 Å². The van der Waals surface area contributed by atoms with E-state index in [1.165, 1.54) is 31.6 Å². The van der Waals surface area contributed by atoms with E-state index in [0.29, 0.717) is 28.6 Å². The van der Waals surface area contributed by atoms with Gasteiger partial charge < -0.3 is 20.4 Å². The van der Waals surface area contributed by atoms with E-state index in [0.717, 1.165) is 0 Å². The summed E-state index contributed by atoms with van der Waals surface area (Å²) < 4.78 is 4.92. The molecule has 190 valence electrons. The van der Waals surface area contributed by atoms with E-state index < -0.39 is 0 Å². The Hall–Kier alpha value is -3.99. The summed E-state index contributed by atoms with van der Waals surface area (Å²) in [7, 11) is 1.54. The largest absolute Gasteiger partial charge is 0.481 e. The third kappa shape index (κ3) is 10.1. The molecule has 0 unspecified atom stereocenters. The minimum absolute atomic E-state index is 0. The molecule has 4 aromatic rings. The lowest BCUT2D eigenvalue weighted by Gasteiger charge is -2.04. The van der Waals surface area contributed by atoms with Crippen LogP contribution in [0.2, 0.25) is 0 Å². The maximum Gasteiger partial charge on any atom is 0.274 e. The number of hydrogen-bond acceptors (Lipinski definition) is 7. The first-order valence-corrected chi connectivity index (χ1v) is 9.68. The van der Waals surface area contributed by atoms with Crippen molar-refractivity contribution in [2.45, 2.75) is 0 Å². The number of carbonyl (C=O) groups excluding carboxylic acids is 2. The summed E-state index contributed by atoms with van der Waals surface area (Å²) in [6.07, 6.45) is 6.08. The minimum Gasteiger partial charge on any atom is -0.481 e. The number of methoxy groups -OCH3 is 1. The number of aromatic nitrogens is 4. The molecule has 0 bridgehead atoms. The number of hydrogen-bond donors (Lipinski definition) is 3. The Labute approximate surface area is 225 Å². The fourth-order valence-electron chi connectivity index (χ4n) is 2.45. The number of carbonyl (C=O) groups is 2. The van der Waals surface area contributed by atoms with Gasteiger partial charge in [0.25, 0.3) is 11.8 Å². The maximum absolute atomic E-state index is 11.7. The lowest BCUT2D eigenvalue weighted by atomic mass is 10.3. The number of nitrogens with zero attached hydrogens (tertiary/aromatic N) is 3. The standard InChI is InChI=1S/C12H11N3O2.C11H9N3O2.3ClH/c1-17-11-6-5-9(8-14-11)15-12(16)10-4-2-3-7-13-10;15-10-5-4-8(7-13-10)14-11(16)9-3-1-2-6-12-9;;;/h2-8H,1H3,(H,15,16);1-7H,(H,13,15)(H,14,16);3*1H. The van der Waals surface area contributed by atoms with Crippen molar-refractivity contribution in [1.82, 2.24) is 19.9 Å². The smallest absolute Gasteiger partial charge is 0.274 e. The van der Waals surface area contributed by atoms with Crippen molar-refractivity contribution in [3.05, 3.63) is 107 Å². The van der Waals surface area contributed by atoms with Gasteiger partial charge in [-0.15, -0.1) is 37.2 Å². The Bertz CT molecular complexity index is 1240. The molecule has 0 atom stereocenters. The first-order chi connectivity index (χ1) is 16.0. The quantitative estimate of drug-likeness (QED) is 0.339. The van der Waals surface area contributed by atoms with Crippen LogP contribution in [0.1, 0.15) is 21.0 Å². The van der Waals surface area contributed by atoms with Gasteiger partial charge in [-0.05, 0) is 36.4 Å². The van der Waals surface area contributed by atoms with E-state index >= 15 is 0 Å². The summed E-state index contributed by atoms with van der Waals surface area (Å²) in [5.41, 5.74) is 1.60. The second-order valence-electron chi connectivity index (χ2n) is 6.37. The summed E-state index contributed by atoms with van der Waals surface area (Å²) >= 11 is 0. The molecule has 3 N–H and O–H groups in total. The number of rotatable bonds is 5. The topological polar surface area (TPSA) is 139 Å². The molecule has 0 radical (unpaired) electrons. The van der Waals surface area contributed by atoms with Crippen molar-refractivity contribution < 1.29 is 14.3 Å². The van der Waals surface area contributed by atoms with Gasteiger partial charge >= 0.3 is 0 Å². The van der Waals surface area contributed by atoms with Gasteiger partial charge in [0, 0.05) is 30.7 Å². The van der Waals surface area contributed by atoms with Gasteiger partial charge in [-0.2, -0.15) is 0 Å². The molecule has 0 saturated carbocycles.